The van der Waals surface area contributed by atoms with Gasteiger partial charge in [0.15, 0.2) is 5.65 Å². The van der Waals surface area contributed by atoms with Crippen LogP contribution in [-0.2, 0) is 11.3 Å². The van der Waals surface area contributed by atoms with Crippen LogP contribution >= 0.6 is 0 Å². The molecule has 0 aliphatic carbocycles. The van der Waals surface area contributed by atoms with Gasteiger partial charge in [0.05, 0.1) is 18.2 Å². The number of anilines is 1. The van der Waals surface area contributed by atoms with Crippen molar-refractivity contribution in [3.8, 4) is 0 Å². The number of ether oxygens (including phenoxy) is 1. The predicted octanol–water partition coefficient (Wildman–Crippen LogP) is 0.452. The number of rotatable bonds is 3. The number of imidazole rings is 1. The molecule has 2 aliphatic heterocycles. The fraction of sp³-hybridized carbons (Fsp3) is 0.500. The van der Waals surface area contributed by atoms with Crippen molar-refractivity contribution in [2.75, 3.05) is 38.7 Å². The SMILES string of the molecule is CCn1c(N2CC3(CNC(=O)N3C)C2)nc2cc(C(=O)OC)cnc21. The van der Waals surface area contributed by atoms with Crippen molar-refractivity contribution in [1.29, 1.82) is 0 Å². The minimum Gasteiger partial charge on any atom is -0.465 e. The summed E-state index contributed by atoms with van der Waals surface area (Å²) in [6.45, 7) is 4.83. The Labute approximate surface area is 144 Å². The number of esters is 1. The number of hydrogen-bond acceptors (Lipinski definition) is 6. The van der Waals surface area contributed by atoms with Gasteiger partial charge < -0.3 is 19.9 Å². The third-order valence-electron chi connectivity index (χ3n) is 5.14. The zero-order valence-electron chi connectivity index (χ0n) is 14.4. The van der Waals surface area contributed by atoms with Gasteiger partial charge in [-0.2, -0.15) is 0 Å². The average Bonchev–Trinajstić information content (AvgIpc) is 3.10. The van der Waals surface area contributed by atoms with Gasteiger partial charge in [0.2, 0.25) is 5.95 Å². The summed E-state index contributed by atoms with van der Waals surface area (Å²) in [6.07, 6.45) is 1.51. The van der Waals surface area contributed by atoms with E-state index in [1.54, 1.807) is 11.0 Å². The molecule has 2 aromatic rings. The monoisotopic (exact) mass is 344 g/mol. The van der Waals surface area contributed by atoms with Crippen LogP contribution in [0.25, 0.3) is 11.2 Å². The molecule has 9 heteroatoms. The highest BCUT2D eigenvalue weighted by atomic mass is 16.5. The predicted molar refractivity (Wildman–Crippen MR) is 90.6 cm³/mol. The Hall–Kier alpha value is -2.84. The molecule has 2 saturated heterocycles. The molecule has 2 fully saturated rings. The van der Waals surface area contributed by atoms with Crippen LogP contribution in [0, 0.1) is 0 Å². The number of aryl methyl sites for hydroxylation is 1. The summed E-state index contributed by atoms with van der Waals surface area (Å²) < 4.78 is 6.77. The number of hydrogen-bond donors (Lipinski definition) is 1. The Morgan fingerprint density at radius 3 is 2.80 bits per heavy atom. The summed E-state index contributed by atoms with van der Waals surface area (Å²) in [5.41, 5.74) is 1.61. The Bertz CT molecular complexity index is 870. The van der Waals surface area contributed by atoms with Gasteiger partial charge in [-0.1, -0.05) is 0 Å². The fourth-order valence-corrected chi connectivity index (χ4v) is 3.58. The maximum Gasteiger partial charge on any atom is 0.339 e. The second-order valence-corrected chi connectivity index (χ2v) is 6.51. The fourth-order valence-electron chi connectivity index (χ4n) is 3.58. The van der Waals surface area contributed by atoms with Crippen LogP contribution in [0.15, 0.2) is 12.3 Å². The van der Waals surface area contributed by atoms with Crippen molar-refractivity contribution in [3.05, 3.63) is 17.8 Å². The van der Waals surface area contributed by atoms with Crippen molar-refractivity contribution in [3.63, 3.8) is 0 Å². The summed E-state index contributed by atoms with van der Waals surface area (Å²) in [5.74, 6) is 0.382. The van der Waals surface area contributed by atoms with E-state index in [1.807, 2.05) is 18.5 Å². The number of pyridine rings is 1. The van der Waals surface area contributed by atoms with E-state index in [9.17, 15) is 9.59 Å². The maximum absolute atomic E-state index is 11.7. The number of carbonyl (C=O) groups excluding carboxylic acids is 2. The van der Waals surface area contributed by atoms with Gasteiger partial charge in [0.1, 0.15) is 5.52 Å². The summed E-state index contributed by atoms with van der Waals surface area (Å²) >= 11 is 0. The summed E-state index contributed by atoms with van der Waals surface area (Å²) in [4.78, 5) is 36.4. The van der Waals surface area contributed by atoms with Crippen LogP contribution in [0.3, 0.4) is 0 Å². The number of aromatic nitrogens is 3. The molecular formula is C16H20N6O3. The van der Waals surface area contributed by atoms with Crippen LogP contribution in [0.4, 0.5) is 10.7 Å². The van der Waals surface area contributed by atoms with Crippen LogP contribution in [-0.4, -0.2) is 70.8 Å². The topological polar surface area (TPSA) is 92.6 Å². The third kappa shape index (κ3) is 2.15. The van der Waals surface area contributed by atoms with Crippen molar-refractivity contribution in [1.82, 2.24) is 24.8 Å². The summed E-state index contributed by atoms with van der Waals surface area (Å²) in [5, 5.41) is 2.88. The average molecular weight is 344 g/mol. The molecule has 0 radical (unpaired) electrons. The molecule has 0 saturated carbocycles. The molecule has 4 heterocycles. The van der Waals surface area contributed by atoms with Crippen LogP contribution in [0.2, 0.25) is 0 Å². The minimum atomic E-state index is -0.429. The number of fused-ring (bicyclic) bond motifs is 1. The van der Waals surface area contributed by atoms with Gasteiger partial charge in [-0.05, 0) is 13.0 Å². The molecule has 0 aromatic carbocycles. The van der Waals surface area contributed by atoms with E-state index in [2.05, 4.69) is 20.2 Å². The van der Waals surface area contributed by atoms with Gasteiger partial charge in [0.25, 0.3) is 0 Å². The molecule has 9 nitrogen and oxygen atoms in total. The number of urea groups is 1. The van der Waals surface area contributed by atoms with E-state index >= 15 is 0 Å². The number of likely N-dealkylation sites (N-methyl/N-ethyl adjacent to an activating group) is 1. The normalized spacial score (nSPS) is 18.6. The lowest BCUT2D eigenvalue weighted by Gasteiger charge is -2.50. The van der Waals surface area contributed by atoms with Gasteiger partial charge in [-0.3, -0.25) is 4.57 Å². The third-order valence-corrected chi connectivity index (χ3v) is 5.14. The molecule has 2 aromatic heterocycles. The van der Waals surface area contributed by atoms with Gasteiger partial charge >= 0.3 is 12.0 Å². The number of nitrogens with one attached hydrogen (secondary N) is 1. The smallest absolute Gasteiger partial charge is 0.339 e. The van der Waals surface area contributed by atoms with Crippen molar-refractivity contribution < 1.29 is 14.3 Å². The van der Waals surface area contributed by atoms with Gasteiger partial charge in [-0.25, -0.2) is 19.6 Å². The van der Waals surface area contributed by atoms with E-state index in [1.165, 1.54) is 13.3 Å². The summed E-state index contributed by atoms with van der Waals surface area (Å²) in [7, 11) is 3.17. The Morgan fingerprint density at radius 1 is 1.44 bits per heavy atom. The van der Waals surface area contributed by atoms with Crippen molar-refractivity contribution in [2.45, 2.75) is 19.0 Å². The molecule has 132 valence electrons. The lowest BCUT2D eigenvalue weighted by Crippen LogP contribution is -2.69. The molecule has 0 unspecified atom stereocenters. The highest BCUT2D eigenvalue weighted by Crippen LogP contribution is 2.34. The van der Waals surface area contributed by atoms with E-state index in [0.717, 1.165) is 24.7 Å². The molecule has 2 amide bonds. The molecular weight excluding hydrogens is 324 g/mol. The first kappa shape index (κ1) is 15.7. The van der Waals surface area contributed by atoms with Gasteiger partial charge in [-0.15, -0.1) is 0 Å². The largest absolute Gasteiger partial charge is 0.465 e. The van der Waals surface area contributed by atoms with E-state index in [4.69, 9.17) is 4.74 Å². The van der Waals surface area contributed by atoms with Crippen LogP contribution in [0.1, 0.15) is 17.3 Å². The Kier molecular flexibility index (Phi) is 3.34. The molecule has 4 rings (SSSR count). The molecule has 1 N–H and O–H groups in total. The van der Waals surface area contributed by atoms with Crippen LogP contribution in [0.5, 0.6) is 0 Å². The number of carbonyl (C=O) groups is 2. The first-order valence-electron chi connectivity index (χ1n) is 8.20. The number of methoxy groups -OCH3 is 1. The molecule has 1 spiro atoms. The highest BCUT2D eigenvalue weighted by Gasteiger charge is 2.53. The first-order chi connectivity index (χ1) is 12.0. The second kappa shape index (κ2) is 5.33. The second-order valence-electron chi connectivity index (χ2n) is 6.51. The lowest BCUT2D eigenvalue weighted by molar-refractivity contribution is 0.0600. The zero-order valence-corrected chi connectivity index (χ0v) is 14.4. The van der Waals surface area contributed by atoms with E-state index in [-0.39, 0.29) is 11.6 Å². The van der Waals surface area contributed by atoms with Crippen molar-refractivity contribution in [2.24, 2.45) is 0 Å². The molecule has 25 heavy (non-hydrogen) atoms. The quantitative estimate of drug-likeness (QED) is 0.813. The Morgan fingerprint density at radius 2 is 2.20 bits per heavy atom. The minimum absolute atomic E-state index is 0.0342. The zero-order chi connectivity index (χ0) is 17.8. The first-order valence-corrected chi connectivity index (χ1v) is 8.20. The highest BCUT2D eigenvalue weighted by molar-refractivity contribution is 5.92. The van der Waals surface area contributed by atoms with Crippen LogP contribution < -0.4 is 10.2 Å². The number of nitrogens with zero attached hydrogens (tertiary/aromatic N) is 5. The van der Waals surface area contributed by atoms with E-state index < -0.39 is 5.97 Å². The lowest BCUT2D eigenvalue weighted by atomic mass is 9.90. The number of amides is 2. The molecule has 2 aliphatic rings. The van der Waals surface area contributed by atoms with E-state index in [0.29, 0.717) is 24.2 Å². The van der Waals surface area contributed by atoms with Crippen molar-refractivity contribution >= 4 is 29.1 Å². The standard InChI is InChI=1S/C16H20N6O3/c1-4-22-12-11(5-10(6-17-12)13(23)25-3)19-14(22)21-8-16(9-21)7-18-15(24)20(16)2/h5-6H,4,7-9H2,1-3H3,(H,18,24). The van der Waals surface area contributed by atoms with Gasteiger partial charge in [0, 0.05) is 39.4 Å². The maximum atomic E-state index is 11.7. The summed E-state index contributed by atoms with van der Waals surface area (Å²) in [6, 6.07) is 1.67. The Balaban J connectivity index is 1.66. The molecule has 0 atom stereocenters. The molecule has 0 bridgehead atoms.